The molecule has 0 radical (unpaired) electrons. The fourth-order valence-corrected chi connectivity index (χ4v) is 1.74. The molecule has 0 amide bonds. The largest absolute Gasteiger partial charge is 0.494 e. The summed E-state index contributed by atoms with van der Waals surface area (Å²) in [5.41, 5.74) is 1.36. The quantitative estimate of drug-likeness (QED) is 0.762. The highest BCUT2D eigenvalue weighted by atomic mass is 35.5. The molecule has 0 saturated carbocycles. The summed E-state index contributed by atoms with van der Waals surface area (Å²) in [5, 5.41) is 0.435. The Morgan fingerprint density at radius 2 is 2.06 bits per heavy atom. The molecule has 0 atom stereocenters. The summed E-state index contributed by atoms with van der Waals surface area (Å²) in [7, 11) is 1.48. The van der Waals surface area contributed by atoms with Crippen molar-refractivity contribution in [1.82, 2.24) is 0 Å². The van der Waals surface area contributed by atoms with Crippen LogP contribution in [0.5, 0.6) is 5.75 Å². The molecule has 0 saturated heterocycles. The molecule has 0 N–H and O–H groups in total. The van der Waals surface area contributed by atoms with Gasteiger partial charge in [0.2, 0.25) is 0 Å². The third-order valence-corrected chi connectivity index (χ3v) is 2.49. The molecule has 0 spiro atoms. The van der Waals surface area contributed by atoms with Gasteiger partial charge in [-0.25, -0.2) is 4.79 Å². The molecule has 0 aliphatic rings. The van der Waals surface area contributed by atoms with Gasteiger partial charge in [0.1, 0.15) is 5.56 Å². The minimum atomic E-state index is -0.406. The first-order valence-electron chi connectivity index (χ1n) is 5.17. The Hall–Kier alpha value is -1.22. The molecule has 1 aromatic rings. The average molecular weight is 243 g/mol. The SMILES string of the molecule is CCOC(=O)c1cc(CC)cc(Cl)c1OC. The van der Waals surface area contributed by atoms with Gasteiger partial charge in [-0.15, -0.1) is 0 Å². The topological polar surface area (TPSA) is 35.5 Å². The first-order valence-corrected chi connectivity index (χ1v) is 5.55. The normalized spacial score (nSPS) is 10.0. The van der Waals surface area contributed by atoms with Crippen molar-refractivity contribution in [2.75, 3.05) is 13.7 Å². The number of hydrogen-bond acceptors (Lipinski definition) is 3. The molecule has 0 fully saturated rings. The number of methoxy groups -OCH3 is 1. The summed E-state index contributed by atoms with van der Waals surface area (Å²) in [6, 6.07) is 3.55. The fraction of sp³-hybridized carbons (Fsp3) is 0.417. The number of hydrogen-bond donors (Lipinski definition) is 0. The number of halogens is 1. The molecule has 0 bridgehead atoms. The highest BCUT2D eigenvalue weighted by Crippen LogP contribution is 2.30. The van der Waals surface area contributed by atoms with Gasteiger partial charge >= 0.3 is 5.97 Å². The van der Waals surface area contributed by atoms with E-state index in [9.17, 15) is 4.79 Å². The lowest BCUT2D eigenvalue weighted by atomic mass is 10.1. The van der Waals surface area contributed by atoms with Gasteiger partial charge in [0.05, 0.1) is 18.7 Å². The van der Waals surface area contributed by atoms with Crippen LogP contribution in [0.4, 0.5) is 0 Å². The second kappa shape index (κ2) is 5.75. The molecule has 3 nitrogen and oxygen atoms in total. The molecule has 1 rings (SSSR count). The number of esters is 1. The Morgan fingerprint density at radius 1 is 1.38 bits per heavy atom. The van der Waals surface area contributed by atoms with E-state index in [1.165, 1.54) is 7.11 Å². The second-order valence-electron chi connectivity index (χ2n) is 3.23. The van der Waals surface area contributed by atoms with E-state index in [0.29, 0.717) is 22.9 Å². The first-order chi connectivity index (χ1) is 7.63. The predicted octanol–water partition coefficient (Wildman–Crippen LogP) is 3.09. The monoisotopic (exact) mass is 242 g/mol. The van der Waals surface area contributed by atoms with E-state index >= 15 is 0 Å². The molecule has 0 aromatic heterocycles. The molecule has 16 heavy (non-hydrogen) atoms. The Morgan fingerprint density at radius 3 is 2.56 bits per heavy atom. The summed E-state index contributed by atoms with van der Waals surface area (Å²) in [6.45, 7) is 4.08. The van der Waals surface area contributed by atoms with Gasteiger partial charge in [-0.2, -0.15) is 0 Å². The van der Waals surface area contributed by atoms with Crippen molar-refractivity contribution < 1.29 is 14.3 Å². The van der Waals surface area contributed by atoms with Crippen molar-refractivity contribution >= 4 is 17.6 Å². The molecule has 1 aromatic carbocycles. The highest BCUT2D eigenvalue weighted by molar-refractivity contribution is 6.32. The van der Waals surface area contributed by atoms with E-state index in [2.05, 4.69) is 0 Å². The molecule has 88 valence electrons. The number of ether oxygens (including phenoxy) is 2. The van der Waals surface area contributed by atoms with E-state index in [1.807, 2.05) is 6.92 Å². The summed E-state index contributed by atoms with van der Waals surface area (Å²) in [5.74, 6) is -0.0335. The van der Waals surface area contributed by atoms with Gasteiger partial charge < -0.3 is 9.47 Å². The van der Waals surface area contributed by atoms with Crippen LogP contribution in [0.1, 0.15) is 29.8 Å². The standard InChI is InChI=1S/C12H15ClO3/c1-4-8-6-9(12(14)16-5-2)11(15-3)10(13)7-8/h6-7H,4-5H2,1-3H3. The van der Waals surface area contributed by atoms with Crippen LogP contribution in [0.15, 0.2) is 12.1 Å². The molecule has 0 aliphatic heterocycles. The lowest BCUT2D eigenvalue weighted by molar-refractivity contribution is 0.0522. The molecule has 0 unspecified atom stereocenters. The summed E-state index contributed by atoms with van der Waals surface area (Å²) < 4.78 is 10.1. The highest BCUT2D eigenvalue weighted by Gasteiger charge is 2.17. The van der Waals surface area contributed by atoms with Crippen LogP contribution in [0, 0.1) is 0 Å². The third-order valence-electron chi connectivity index (χ3n) is 2.21. The van der Waals surface area contributed by atoms with Crippen LogP contribution in [0.25, 0.3) is 0 Å². The van der Waals surface area contributed by atoms with Crippen LogP contribution in [0.3, 0.4) is 0 Å². The van der Waals surface area contributed by atoms with Gasteiger partial charge in [-0.05, 0) is 31.0 Å². The van der Waals surface area contributed by atoms with Crippen LogP contribution in [0.2, 0.25) is 5.02 Å². The number of carbonyl (C=O) groups is 1. The van der Waals surface area contributed by atoms with Crippen LogP contribution in [-0.4, -0.2) is 19.7 Å². The summed E-state index contributed by atoms with van der Waals surface area (Å²) in [4.78, 5) is 11.7. The third kappa shape index (κ3) is 2.67. The van der Waals surface area contributed by atoms with Crippen molar-refractivity contribution in [2.45, 2.75) is 20.3 Å². The van der Waals surface area contributed by atoms with Gasteiger partial charge in [-0.3, -0.25) is 0 Å². The van der Waals surface area contributed by atoms with Gasteiger partial charge in [-0.1, -0.05) is 18.5 Å². The average Bonchev–Trinajstić information content (AvgIpc) is 2.28. The van der Waals surface area contributed by atoms with Crippen LogP contribution >= 0.6 is 11.6 Å². The maximum absolute atomic E-state index is 11.7. The van der Waals surface area contributed by atoms with Crippen molar-refractivity contribution in [3.8, 4) is 5.75 Å². The molecule has 0 heterocycles. The molecule has 4 heteroatoms. The van der Waals surface area contributed by atoms with Crippen LogP contribution < -0.4 is 4.74 Å². The predicted molar refractivity (Wildman–Crippen MR) is 63.3 cm³/mol. The van der Waals surface area contributed by atoms with Crippen molar-refractivity contribution in [3.05, 3.63) is 28.3 Å². The zero-order valence-electron chi connectivity index (χ0n) is 9.67. The second-order valence-corrected chi connectivity index (χ2v) is 3.64. The Kier molecular flexibility index (Phi) is 4.62. The minimum Gasteiger partial charge on any atom is -0.494 e. The number of rotatable bonds is 4. The van der Waals surface area contributed by atoms with E-state index in [4.69, 9.17) is 21.1 Å². The number of aryl methyl sites for hydroxylation is 1. The lowest BCUT2D eigenvalue weighted by Gasteiger charge is -2.11. The Bertz CT molecular complexity index is 388. The minimum absolute atomic E-state index is 0.329. The van der Waals surface area contributed by atoms with Crippen molar-refractivity contribution in [3.63, 3.8) is 0 Å². The first kappa shape index (κ1) is 12.8. The number of carbonyl (C=O) groups excluding carboxylic acids is 1. The van der Waals surface area contributed by atoms with Gasteiger partial charge in [0.25, 0.3) is 0 Å². The molecular formula is C12H15ClO3. The van der Waals surface area contributed by atoms with Crippen LogP contribution in [-0.2, 0) is 11.2 Å². The maximum atomic E-state index is 11.7. The zero-order chi connectivity index (χ0) is 12.1. The summed E-state index contributed by atoms with van der Waals surface area (Å²) >= 11 is 6.02. The van der Waals surface area contributed by atoms with E-state index in [-0.39, 0.29) is 0 Å². The summed E-state index contributed by atoms with van der Waals surface area (Å²) in [6.07, 6.45) is 0.802. The molecule has 0 aliphatic carbocycles. The van der Waals surface area contributed by atoms with Gasteiger partial charge in [0.15, 0.2) is 5.75 Å². The van der Waals surface area contributed by atoms with E-state index in [0.717, 1.165) is 12.0 Å². The van der Waals surface area contributed by atoms with Gasteiger partial charge in [0, 0.05) is 0 Å². The van der Waals surface area contributed by atoms with Crippen molar-refractivity contribution in [2.24, 2.45) is 0 Å². The molecular weight excluding hydrogens is 228 g/mol. The van der Waals surface area contributed by atoms with E-state index in [1.54, 1.807) is 19.1 Å². The number of benzene rings is 1. The van der Waals surface area contributed by atoms with E-state index < -0.39 is 5.97 Å². The van der Waals surface area contributed by atoms with Crippen molar-refractivity contribution in [1.29, 1.82) is 0 Å². The fourth-order valence-electron chi connectivity index (χ4n) is 1.42. The Balaban J connectivity index is 3.22. The smallest absolute Gasteiger partial charge is 0.341 e. The maximum Gasteiger partial charge on any atom is 0.341 e. The lowest BCUT2D eigenvalue weighted by Crippen LogP contribution is -2.07. The Labute approximate surface area is 100 Å². The zero-order valence-corrected chi connectivity index (χ0v) is 10.4.